The summed E-state index contributed by atoms with van der Waals surface area (Å²) < 4.78 is 10.6. The van der Waals surface area contributed by atoms with Gasteiger partial charge in [0.2, 0.25) is 5.91 Å². The first-order valence-corrected chi connectivity index (χ1v) is 9.79. The van der Waals surface area contributed by atoms with E-state index >= 15 is 0 Å². The van der Waals surface area contributed by atoms with Gasteiger partial charge in [0.25, 0.3) is 0 Å². The molecule has 0 radical (unpaired) electrons. The largest absolute Gasteiger partial charge is 0.467 e. The van der Waals surface area contributed by atoms with Gasteiger partial charge >= 0.3 is 0 Å². The lowest BCUT2D eigenvalue weighted by molar-refractivity contribution is -0.127. The average molecular weight is 370 g/mol. The molecule has 0 aliphatic carbocycles. The van der Waals surface area contributed by atoms with Gasteiger partial charge in [-0.05, 0) is 42.0 Å². The quantitative estimate of drug-likeness (QED) is 0.775. The zero-order valence-corrected chi connectivity index (χ0v) is 16.3. The predicted octanol–water partition coefficient (Wildman–Crippen LogP) is 3.21. The maximum Gasteiger partial charge on any atom is 0.224 e. The van der Waals surface area contributed by atoms with Crippen LogP contribution in [0.1, 0.15) is 36.1 Å². The van der Waals surface area contributed by atoms with E-state index in [1.54, 1.807) is 13.4 Å². The highest BCUT2D eigenvalue weighted by Crippen LogP contribution is 2.30. The molecule has 146 valence electrons. The summed E-state index contributed by atoms with van der Waals surface area (Å²) in [7, 11) is 1.72. The predicted molar refractivity (Wildman–Crippen MR) is 106 cm³/mol. The van der Waals surface area contributed by atoms with Crippen molar-refractivity contribution in [2.24, 2.45) is 5.92 Å². The fourth-order valence-corrected chi connectivity index (χ4v) is 3.78. The second-order valence-corrected chi connectivity index (χ2v) is 7.27. The summed E-state index contributed by atoms with van der Waals surface area (Å²) in [5.41, 5.74) is 2.66. The van der Waals surface area contributed by atoms with Crippen LogP contribution in [0.15, 0.2) is 47.1 Å². The first-order valence-electron chi connectivity index (χ1n) is 9.79. The Hall–Kier alpha value is -2.11. The van der Waals surface area contributed by atoms with Crippen LogP contribution in [0.4, 0.5) is 0 Å². The Kier molecular flexibility index (Phi) is 7.07. The first-order chi connectivity index (χ1) is 13.2. The molecule has 2 unspecified atom stereocenters. The third kappa shape index (κ3) is 5.44. The second kappa shape index (κ2) is 9.72. The molecule has 5 nitrogen and oxygen atoms in total. The molecule has 1 aromatic heterocycles. The fourth-order valence-electron chi connectivity index (χ4n) is 3.78. The van der Waals surface area contributed by atoms with Gasteiger partial charge in [-0.1, -0.05) is 31.2 Å². The second-order valence-electron chi connectivity index (χ2n) is 7.27. The molecule has 1 fully saturated rings. The molecule has 2 heterocycles. The number of methoxy groups -OCH3 is 1. The molecule has 1 aromatic carbocycles. The zero-order chi connectivity index (χ0) is 19.1. The molecule has 0 saturated carbocycles. The molecular formula is C22H30N2O3. The van der Waals surface area contributed by atoms with Crippen molar-refractivity contribution in [1.82, 2.24) is 10.2 Å². The SMILES string of the molecule is CCc1ccc(C2CC(C(=O)NCc3ccco3)CN(CCOC)C2)cc1. The number of hydrogen-bond acceptors (Lipinski definition) is 4. The maximum absolute atomic E-state index is 12.8. The van der Waals surface area contributed by atoms with Gasteiger partial charge < -0.3 is 14.5 Å². The van der Waals surface area contributed by atoms with Crippen LogP contribution in [0.2, 0.25) is 0 Å². The Morgan fingerprint density at radius 2 is 2.07 bits per heavy atom. The smallest absolute Gasteiger partial charge is 0.224 e. The highest BCUT2D eigenvalue weighted by atomic mass is 16.5. The van der Waals surface area contributed by atoms with Gasteiger partial charge in [0, 0.05) is 26.7 Å². The van der Waals surface area contributed by atoms with Crippen LogP contribution >= 0.6 is 0 Å². The number of amides is 1. The van der Waals surface area contributed by atoms with Gasteiger partial charge in [-0.15, -0.1) is 0 Å². The molecule has 5 heteroatoms. The Balaban J connectivity index is 1.67. The van der Waals surface area contributed by atoms with Crippen molar-refractivity contribution in [2.75, 3.05) is 33.4 Å². The number of aryl methyl sites for hydroxylation is 1. The summed E-state index contributed by atoms with van der Waals surface area (Å²) >= 11 is 0. The van der Waals surface area contributed by atoms with Crippen molar-refractivity contribution >= 4 is 5.91 Å². The van der Waals surface area contributed by atoms with Crippen LogP contribution in [0, 0.1) is 5.92 Å². The standard InChI is InChI=1S/C22H30N2O3/c1-3-17-6-8-18(9-7-17)19-13-20(16-24(15-19)10-12-26-2)22(25)23-14-21-5-4-11-27-21/h4-9,11,19-20H,3,10,12-16H2,1-2H3,(H,23,25). The van der Waals surface area contributed by atoms with E-state index in [0.717, 1.165) is 38.2 Å². The van der Waals surface area contributed by atoms with Gasteiger partial charge in [0.1, 0.15) is 5.76 Å². The summed E-state index contributed by atoms with van der Waals surface area (Å²) in [6.45, 7) is 5.88. The van der Waals surface area contributed by atoms with Gasteiger partial charge in [0.15, 0.2) is 0 Å². The zero-order valence-electron chi connectivity index (χ0n) is 16.3. The Morgan fingerprint density at radius 3 is 2.74 bits per heavy atom. The molecule has 1 N–H and O–H groups in total. The summed E-state index contributed by atoms with van der Waals surface area (Å²) in [6, 6.07) is 12.6. The van der Waals surface area contributed by atoms with E-state index in [4.69, 9.17) is 9.15 Å². The van der Waals surface area contributed by atoms with Crippen molar-refractivity contribution in [2.45, 2.75) is 32.2 Å². The van der Waals surface area contributed by atoms with Gasteiger partial charge in [-0.3, -0.25) is 9.69 Å². The summed E-state index contributed by atoms with van der Waals surface area (Å²) in [4.78, 5) is 15.1. The highest BCUT2D eigenvalue weighted by Gasteiger charge is 2.32. The van der Waals surface area contributed by atoms with Crippen molar-refractivity contribution < 1.29 is 13.9 Å². The number of rotatable bonds is 8. The minimum Gasteiger partial charge on any atom is -0.467 e. The molecule has 27 heavy (non-hydrogen) atoms. The van der Waals surface area contributed by atoms with E-state index in [-0.39, 0.29) is 11.8 Å². The number of likely N-dealkylation sites (tertiary alicyclic amines) is 1. The number of hydrogen-bond donors (Lipinski definition) is 1. The third-order valence-corrected chi connectivity index (χ3v) is 5.38. The minimum atomic E-state index is -0.0265. The number of piperidine rings is 1. The van der Waals surface area contributed by atoms with E-state index in [1.165, 1.54) is 11.1 Å². The molecule has 0 bridgehead atoms. The van der Waals surface area contributed by atoms with E-state index in [2.05, 4.69) is 41.4 Å². The van der Waals surface area contributed by atoms with Gasteiger partial charge in [-0.2, -0.15) is 0 Å². The molecule has 3 rings (SSSR count). The first kappa shape index (κ1) is 19.6. The lowest BCUT2D eigenvalue weighted by atomic mass is 9.83. The average Bonchev–Trinajstić information content (AvgIpc) is 3.24. The fraction of sp³-hybridized carbons (Fsp3) is 0.500. The van der Waals surface area contributed by atoms with E-state index < -0.39 is 0 Å². The van der Waals surface area contributed by atoms with Crippen LogP contribution in [0.5, 0.6) is 0 Å². The molecule has 2 atom stereocenters. The van der Waals surface area contributed by atoms with E-state index in [9.17, 15) is 4.79 Å². The molecule has 1 aliphatic heterocycles. The number of furan rings is 1. The maximum atomic E-state index is 12.8. The van der Waals surface area contributed by atoms with Crippen molar-refractivity contribution in [3.8, 4) is 0 Å². The number of nitrogens with one attached hydrogen (secondary N) is 1. The summed E-state index contributed by atoms with van der Waals surface area (Å²) in [5, 5.41) is 3.03. The Bertz CT molecular complexity index is 697. The molecule has 1 saturated heterocycles. The van der Waals surface area contributed by atoms with Crippen molar-refractivity contribution in [1.29, 1.82) is 0 Å². The van der Waals surface area contributed by atoms with Crippen LogP contribution in [0.3, 0.4) is 0 Å². The Morgan fingerprint density at radius 1 is 1.26 bits per heavy atom. The lowest BCUT2D eigenvalue weighted by Crippen LogP contribution is -2.46. The van der Waals surface area contributed by atoms with Crippen molar-refractivity contribution in [3.05, 3.63) is 59.5 Å². The molecule has 1 amide bonds. The van der Waals surface area contributed by atoms with Crippen molar-refractivity contribution in [3.63, 3.8) is 0 Å². The van der Waals surface area contributed by atoms with Crippen LogP contribution < -0.4 is 5.32 Å². The van der Waals surface area contributed by atoms with Crippen LogP contribution in [-0.4, -0.2) is 44.2 Å². The highest BCUT2D eigenvalue weighted by molar-refractivity contribution is 5.79. The summed E-state index contributed by atoms with van der Waals surface area (Å²) in [5.74, 6) is 1.22. The van der Waals surface area contributed by atoms with E-state index in [1.807, 2.05) is 12.1 Å². The molecule has 2 aromatic rings. The topological polar surface area (TPSA) is 54.7 Å². The number of carbonyl (C=O) groups is 1. The van der Waals surface area contributed by atoms with Crippen LogP contribution in [0.25, 0.3) is 0 Å². The van der Waals surface area contributed by atoms with Crippen LogP contribution in [-0.2, 0) is 22.5 Å². The monoisotopic (exact) mass is 370 g/mol. The minimum absolute atomic E-state index is 0.0265. The normalized spacial score (nSPS) is 20.5. The third-order valence-electron chi connectivity index (χ3n) is 5.38. The number of nitrogens with zero attached hydrogens (tertiary/aromatic N) is 1. The number of carbonyl (C=O) groups excluding carboxylic acids is 1. The van der Waals surface area contributed by atoms with Gasteiger partial charge in [0.05, 0.1) is 25.3 Å². The Labute approximate surface area is 161 Å². The molecule has 0 spiro atoms. The number of benzene rings is 1. The van der Waals surface area contributed by atoms with E-state index in [0.29, 0.717) is 19.1 Å². The van der Waals surface area contributed by atoms with Gasteiger partial charge in [-0.25, -0.2) is 0 Å². The number of ether oxygens (including phenoxy) is 1. The lowest BCUT2D eigenvalue weighted by Gasteiger charge is -2.37. The molecule has 1 aliphatic rings. The summed E-state index contributed by atoms with van der Waals surface area (Å²) in [6.07, 6.45) is 3.55. The molecular weight excluding hydrogens is 340 g/mol.